The van der Waals surface area contributed by atoms with Crippen molar-refractivity contribution in [2.24, 2.45) is 5.41 Å². The Morgan fingerprint density at radius 1 is 1.38 bits per heavy atom. The molecule has 0 fully saturated rings. The molecule has 5 heteroatoms. The van der Waals surface area contributed by atoms with Crippen LogP contribution in [-0.2, 0) is 11.2 Å². The minimum absolute atomic E-state index is 0.0130. The van der Waals surface area contributed by atoms with Gasteiger partial charge in [0.1, 0.15) is 5.69 Å². The first-order chi connectivity index (χ1) is 10.0. The number of para-hydroxylation sites is 1. The number of benzene rings is 1. The second kappa shape index (κ2) is 7.07. The number of nitrogens with one attached hydrogen (secondary N) is 1. The molecule has 0 bridgehead atoms. The summed E-state index contributed by atoms with van der Waals surface area (Å²) in [5, 5.41) is 8.89. The second-order valence-corrected chi connectivity index (χ2v) is 6.83. The first-order valence-corrected chi connectivity index (χ1v) is 8.30. The second-order valence-electron chi connectivity index (χ2n) is 6.04. The van der Waals surface area contributed by atoms with Crippen molar-refractivity contribution in [3.05, 3.63) is 30.0 Å². The number of aromatic nitrogens is 1. The van der Waals surface area contributed by atoms with E-state index in [1.165, 1.54) is 0 Å². The van der Waals surface area contributed by atoms with E-state index < -0.39 is 0 Å². The normalized spacial score (nSPS) is 11.8. The summed E-state index contributed by atoms with van der Waals surface area (Å²) in [7, 11) is 0. The number of hydrogen-bond donors (Lipinski definition) is 1. The summed E-state index contributed by atoms with van der Waals surface area (Å²) >= 11 is 3.44. The quantitative estimate of drug-likeness (QED) is 0.773. The molecule has 0 spiro atoms. The van der Waals surface area contributed by atoms with Gasteiger partial charge in [0.15, 0.2) is 5.58 Å². The maximum atomic E-state index is 12.1. The van der Waals surface area contributed by atoms with Crippen LogP contribution >= 0.6 is 15.9 Å². The zero-order valence-corrected chi connectivity index (χ0v) is 14.1. The van der Waals surface area contributed by atoms with Crippen molar-refractivity contribution >= 4 is 32.8 Å². The number of rotatable bonds is 7. The van der Waals surface area contributed by atoms with E-state index in [1.54, 1.807) is 0 Å². The van der Waals surface area contributed by atoms with Gasteiger partial charge in [0.05, 0.1) is 6.42 Å². The lowest BCUT2D eigenvalue weighted by Gasteiger charge is -2.24. The fourth-order valence-electron chi connectivity index (χ4n) is 2.25. The van der Waals surface area contributed by atoms with Crippen LogP contribution in [-0.4, -0.2) is 22.9 Å². The number of hydrogen-bond acceptors (Lipinski definition) is 3. The Morgan fingerprint density at radius 2 is 2.14 bits per heavy atom. The molecule has 2 aromatic rings. The minimum Gasteiger partial charge on any atom is -0.356 e. The summed E-state index contributed by atoms with van der Waals surface area (Å²) < 4.78 is 5.21. The number of nitrogens with zero attached hydrogens (tertiary/aromatic N) is 1. The van der Waals surface area contributed by atoms with Gasteiger partial charge >= 0.3 is 0 Å². The van der Waals surface area contributed by atoms with Crippen LogP contribution in [0.2, 0.25) is 0 Å². The van der Waals surface area contributed by atoms with Crippen LogP contribution in [0, 0.1) is 5.41 Å². The first-order valence-electron chi connectivity index (χ1n) is 7.18. The van der Waals surface area contributed by atoms with Gasteiger partial charge in [-0.15, -0.1) is 0 Å². The van der Waals surface area contributed by atoms with Gasteiger partial charge in [-0.1, -0.05) is 47.1 Å². The van der Waals surface area contributed by atoms with Crippen LogP contribution in [0.5, 0.6) is 0 Å². The maximum absolute atomic E-state index is 12.1. The van der Waals surface area contributed by atoms with E-state index in [9.17, 15) is 4.79 Å². The molecule has 0 aliphatic carbocycles. The zero-order chi connectivity index (χ0) is 15.3. The number of fused-ring (bicyclic) bond motifs is 1. The van der Waals surface area contributed by atoms with E-state index in [0.29, 0.717) is 12.2 Å². The van der Waals surface area contributed by atoms with Gasteiger partial charge in [-0.3, -0.25) is 4.79 Å². The number of amides is 1. The Hall–Kier alpha value is -1.36. The molecule has 0 atom stereocenters. The molecule has 1 aromatic heterocycles. The van der Waals surface area contributed by atoms with Gasteiger partial charge in [0, 0.05) is 17.3 Å². The van der Waals surface area contributed by atoms with E-state index in [1.807, 2.05) is 24.3 Å². The molecule has 0 saturated heterocycles. The van der Waals surface area contributed by atoms with Gasteiger partial charge in [-0.25, -0.2) is 0 Å². The zero-order valence-electron chi connectivity index (χ0n) is 12.5. The van der Waals surface area contributed by atoms with Gasteiger partial charge < -0.3 is 9.84 Å². The highest BCUT2D eigenvalue weighted by Gasteiger charge is 2.19. The summed E-state index contributed by atoms with van der Waals surface area (Å²) in [6, 6.07) is 7.59. The van der Waals surface area contributed by atoms with Gasteiger partial charge in [-0.05, 0) is 30.4 Å². The van der Waals surface area contributed by atoms with Crippen molar-refractivity contribution in [1.82, 2.24) is 10.5 Å². The first kappa shape index (κ1) is 16.0. The molecule has 1 N–H and O–H groups in total. The molecule has 1 aromatic carbocycles. The minimum atomic E-state index is -0.0130. The largest absolute Gasteiger partial charge is 0.356 e. The molecule has 21 heavy (non-hydrogen) atoms. The number of halogens is 1. The predicted octanol–water partition coefficient (Wildman–Crippen LogP) is 3.69. The van der Waals surface area contributed by atoms with Crippen molar-refractivity contribution in [2.45, 2.75) is 33.1 Å². The van der Waals surface area contributed by atoms with Crippen molar-refractivity contribution in [1.29, 1.82) is 0 Å². The average molecular weight is 353 g/mol. The summed E-state index contributed by atoms with van der Waals surface area (Å²) in [5.74, 6) is -0.0130. The molecule has 2 rings (SSSR count). The van der Waals surface area contributed by atoms with E-state index in [0.717, 1.165) is 29.1 Å². The van der Waals surface area contributed by atoms with Gasteiger partial charge in [-0.2, -0.15) is 0 Å². The Morgan fingerprint density at radius 3 is 2.90 bits per heavy atom. The lowest BCUT2D eigenvalue weighted by atomic mass is 9.88. The van der Waals surface area contributed by atoms with Crippen LogP contribution in [0.4, 0.5) is 0 Å². The fraction of sp³-hybridized carbons (Fsp3) is 0.500. The van der Waals surface area contributed by atoms with Crippen LogP contribution in [0.3, 0.4) is 0 Å². The summed E-state index contributed by atoms with van der Waals surface area (Å²) in [4.78, 5) is 12.1. The molecule has 114 valence electrons. The Balaban J connectivity index is 1.90. The van der Waals surface area contributed by atoms with Gasteiger partial charge in [0.2, 0.25) is 5.91 Å². The monoisotopic (exact) mass is 352 g/mol. The van der Waals surface area contributed by atoms with Crippen LogP contribution in [0.15, 0.2) is 28.8 Å². The molecular formula is C16H21BrN2O2. The molecule has 0 saturated carbocycles. The third kappa shape index (κ3) is 4.56. The Bertz CT molecular complexity index is 607. The molecule has 0 unspecified atom stereocenters. The summed E-state index contributed by atoms with van der Waals surface area (Å²) in [5.41, 5.74) is 1.52. The van der Waals surface area contributed by atoms with Crippen LogP contribution in [0.25, 0.3) is 11.0 Å². The highest BCUT2D eigenvalue weighted by molar-refractivity contribution is 9.09. The fourth-order valence-corrected chi connectivity index (χ4v) is 2.53. The van der Waals surface area contributed by atoms with E-state index in [4.69, 9.17) is 4.52 Å². The standard InChI is InChI=1S/C16H21BrN2O2/c1-16(2,8-5-9-17)11-18-15(20)10-13-12-6-3-4-7-14(12)21-19-13/h3-4,6-7H,5,8-11H2,1-2H3,(H,18,20). The molecule has 1 amide bonds. The maximum Gasteiger partial charge on any atom is 0.226 e. The van der Waals surface area contributed by atoms with E-state index in [2.05, 4.69) is 40.3 Å². The molecule has 0 aliphatic heterocycles. The average Bonchev–Trinajstić information content (AvgIpc) is 2.87. The van der Waals surface area contributed by atoms with Crippen molar-refractivity contribution in [3.63, 3.8) is 0 Å². The topological polar surface area (TPSA) is 55.1 Å². The third-order valence-electron chi connectivity index (χ3n) is 3.53. The lowest BCUT2D eigenvalue weighted by molar-refractivity contribution is -0.121. The van der Waals surface area contributed by atoms with Gasteiger partial charge in [0.25, 0.3) is 0 Å². The summed E-state index contributed by atoms with van der Waals surface area (Å²) in [6.07, 6.45) is 2.44. The highest BCUT2D eigenvalue weighted by Crippen LogP contribution is 2.22. The van der Waals surface area contributed by atoms with Crippen molar-refractivity contribution < 1.29 is 9.32 Å². The Kier molecular flexibility index (Phi) is 5.39. The van der Waals surface area contributed by atoms with Crippen molar-refractivity contribution in [3.8, 4) is 0 Å². The smallest absolute Gasteiger partial charge is 0.226 e. The SMILES string of the molecule is CC(C)(CCCBr)CNC(=O)Cc1noc2ccccc12. The van der Waals surface area contributed by atoms with Crippen molar-refractivity contribution in [2.75, 3.05) is 11.9 Å². The molecule has 0 aliphatic rings. The van der Waals surface area contributed by atoms with E-state index in [-0.39, 0.29) is 17.7 Å². The predicted molar refractivity (Wildman–Crippen MR) is 87.5 cm³/mol. The number of alkyl halides is 1. The number of carbonyl (C=O) groups is 1. The Labute approximate surface area is 133 Å². The van der Waals surface area contributed by atoms with Crippen LogP contribution < -0.4 is 5.32 Å². The molecular weight excluding hydrogens is 332 g/mol. The van der Waals surface area contributed by atoms with Crippen LogP contribution in [0.1, 0.15) is 32.4 Å². The third-order valence-corrected chi connectivity index (χ3v) is 4.09. The molecule has 1 heterocycles. The molecule has 4 nitrogen and oxygen atoms in total. The lowest BCUT2D eigenvalue weighted by Crippen LogP contribution is -2.35. The highest BCUT2D eigenvalue weighted by atomic mass is 79.9. The van der Waals surface area contributed by atoms with E-state index >= 15 is 0 Å². The number of carbonyl (C=O) groups excluding carboxylic acids is 1. The molecule has 0 radical (unpaired) electrons. The summed E-state index contributed by atoms with van der Waals surface area (Å²) in [6.45, 7) is 5.01.